The molecule has 2 rings (SSSR count). The predicted octanol–water partition coefficient (Wildman–Crippen LogP) is 3.30. The summed E-state index contributed by atoms with van der Waals surface area (Å²) in [6.07, 6.45) is 0. The van der Waals surface area contributed by atoms with E-state index in [2.05, 4.69) is 21.2 Å². The van der Waals surface area contributed by atoms with Crippen LogP contribution in [0.2, 0.25) is 0 Å². The monoisotopic (exact) mass is 320 g/mol. The topological polar surface area (TPSA) is 75.3 Å². The molecular weight excluding hydrogens is 308 g/mol. The van der Waals surface area contributed by atoms with E-state index in [1.54, 1.807) is 12.1 Å². The number of hydrogen-bond acceptors (Lipinski definition) is 3. The van der Waals surface area contributed by atoms with Crippen LogP contribution in [0.5, 0.6) is 5.75 Å². The van der Waals surface area contributed by atoms with Crippen LogP contribution in [0.25, 0.3) is 0 Å². The average molecular weight is 321 g/mol. The van der Waals surface area contributed by atoms with E-state index in [-0.39, 0.29) is 11.7 Å². The van der Waals surface area contributed by atoms with Gasteiger partial charge in [0.25, 0.3) is 5.91 Å². The molecule has 0 saturated heterocycles. The third kappa shape index (κ3) is 3.06. The van der Waals surface area contributed by atoms with Crippen LogP contribution in [0.3, 0.4) is 0 Å². The Balaban J connectivity index is 2.25. The van der Waals surface area contributed by atoms with E-state index in [0.717, 1.165) is 10.0 Å². The number of aryl methyl sites for hydroxylation is 1. The summed E-state index contributed by atoms with van der Waals surface area (Å²) >= 11 is 3.36. The van der Waals surface area contributed by atoms with Crippen molar-refractivity contribution in [3.8, 4) is 5.75 Å². The number of amides is 1. The minimum atomic E-state index is -0.260. The molecule has 5 heteroatoms. The highest BCUT2D eigenvalue weighted by Gasteiger charge is 2.11. The number of nitrogen functional groups attached to an aromatic ring is 1. The molecule has 0 bridgehead atoms. The third-order valence-electron chi connectivity index (χ3n) is 2.65. The molecule has 98 valence electrons. The molecule has 0 aliphatic carbocycles. The second-order valence-corrected chi connectivity index (χ2v) is 5.06. The zero-order chi connectivity index (χ0) is 14.0. The number of anilines is 2. The molecule has 0 aliphatic rings. The van der Waals surface area contributed by atoms with Crippen LogP contribution in [0.1, 0.15) is 15.9 Å². The Morgan fingerprint density at radius 3 is 2.63 bits per heavy atom. The van der Waals surface area contributed by atoms with E-state index < -0.39 is 0 Å². The summed E-state index contributed by atoms with van der Waals surface area (Å²) in [5.74, 6) is -0.198. The Morgan fingerprint density at radius 1 is 1.26 bits per heavy atom. The van der Waals surface area contributed by atoms with Gasteiger partial charge in [0, 0.05) is 10.5 Å². The van der Waals surface area contributed by atoms with Gasteiger partial charge in [-0.3, -0.25) is 4.79 Å². The number of aromatic hydroxyl groups is 1. The van der Waals surface area contributed by atoms with E-state index in [4.69, 9.17) is 5.73 Å². The Labute approximate surface area is 119 Å². The molecular formula is C14H13BrN2O2. The van der Waals surface area contributed by atoms with E-state index >= 15 is 0 Å². The van der Waals surface area contributed by atoms with Crippen molar-refractivity contribution in [2.45, 2.75) is 6.92 Å². The Bertz CT molecular complexity index is 641. The summed E-state index contributed by atoms with van der Waals surface area (Å²) in [7, 11) is 0. The number of phenolic OH excluding ortho intramolecular Hbond substituents is 1. The fourth-order valence-corrected chi connectivity index (χ4v) is 2.33. The Kier molecular flexibility index (Phi) is 3.76. The molecule has 0 aromatic heterocycles. The van der Waals surface area contributed by atoms with Gasteiger partial charge < -0.3 is 16.2 Å². The van der Waals surface area contributed by atoms with Gasteiger partial charge in [-0.15, -0.1) is 0 Å². The highest BCUT2D eigenvalue weighted by molar-refractivity contribution is 9.10. The van der Waals surface area contributed by atoms with E-state index in [0.29, 0.717) is 16.9 Å². The predicted molar refractivity (Wildman–Crippen MR) is 79.4 cm³/mol. The van der Waals surface area contributed by atoms with Crippen LogP contribution < -0.4 is 11.1 Å². The first-order valence-electron chi connectivity index (χ1n) is 5.63. The van der Waals surface area contributed by atoms with Crippen LogP contribution in [-0.2, 0) is 0 Å². The largest absolute Gasteiger partial charge is 0.508 e. The van der Waals surface area contributed by atoms with Gasteiger partial charge in [-0.05, 0) is 52.7 Å². The number of hydrogen-bond donors (Lipinski definition) is 3. The number of rotatable bonds is 2. The fourth-order valence-electron chi connectivity index (χ4n) is 1.66. The zero-order valence-electron chi connectivity index (χ0n) is 10.3. The number of halogens is 1. The van der Waals surface area contributed by atoms with Gasteiger partial charge in [-0.2, -0.15) is 0 Å². The standard InChI is InChI=1S/C14H13BrN2O2/c1-8-2-4-10(11(15)6-8)14(19)17-13-5-3-9(18)7-12(13)16/h2-7,18H,16H2,1H3,(H,17,19). The lowest BCUT2D eigenvalue weighted by atomic mass is 10.1. The number of carbonyl (C=O) groups is 1. The summed E-state index contributed by atoms with van der Waals surface area (Å²) in [5, 5.41) is 12.0. The van der Waals surface area contributed by atoms with Crippen molar-refractivity contribution >= 4 is 33.2 Å². The second-order valence-electron chi connectivity index (χ2n) is 4.21. The smallest absolute Gasteiger partial charge is 0.256 e. The molecule has 0 radical (unpaired) electrons. The van der Waals surface area contributed by atoms with Crippen molar-refractivity contribution in [2.75, 3.05) is 11.1 Å². The molecule has 19 heavy (non-hydrogen) atoms. The first kappa shape index (κ1) is 13.4. The van der Waals surface area contributed by atoms with Gasteiger partial charge >= 0.3 is 0 Å². The average Bonchev–Trinajstić information content (AvgIpc) is 2.32. The molecule has 0 atom stereocenters. The van der Waals surface area contributed by atoms with Crippen molar-refractivity contribution < 1.29 is 9.90 Å². The molecule has 0 unspecified atom stereocenters. The first-order valence-corrected chi connectivity index (χ1v) is 6.42. The van der Waals surface area contributed by atoms with E-state index in [1.807, 2.05) is 19.1 Å². The normalized spacial score (nSPS) is 10.2. The van der Waals surface area contributed by atoms with Gasteiger partial charge in [0.05, 0.1) is 16.9 Å². The molecule has 0 aliphatic heterocycles. The van der Waals surface area contributed by atoms with Crippen molar-refractivity contribution in [3.63, 3.8) is 0 Å². The molecule has 4 N–H and O–H groups in total. The summed E-state index contributed by atoms with van der Waals surface area (Å²) < 4.78 is 0.724. The van der Waals surface area contributed by atoms with Crippen molar-refractivity contribution in [3.05, 3.63) is 52.0 Å². The molecule has 0 fully saturated rings. The van der Waals surface area contributed by atoms with Crippen molar-refractivity contribution in [2.24, 2.45) is 0 Å². The lowest BCUT2D eigenvalue weighted by molar-refractivity contribution is 0.102. The molecule has 0 heterocycles. The minimum absolute atomic E-state index is 0.0621. The highest BCUT2D eigenvalue weighted by Crippen LogP contribution is 2.25. The lowest BCUT2D eigenvalue weighted by Gasteiger charge is -2.10. The fraction of sp³-hybridized carbons (Fsp3) is 0.0714. The number of phenols is 1. The molecule has 0 spiro atoms. The summed E-state index contributed by atoms with van der Waals surface area (Å²) in [5.41, 5.74) is 8.10. The summed E-state index contributed by atoms with van der Waals surface area (Å²) in [6.45, 7) is 1.95. The zero-order valence-corrected chi connectivity index (χ0v) is 11.9. The molecule has 2 aromatic rings. The molecule has 1 amide bonds. The van der Waals surface area contributed by atoms with Crippen LogP contribution in [0.4, 0.5) is 11.4 Å². The first-order chi connectivity index (χ1) is 8.97. The second kappa shape index (κ2) is 5.32. The summed E-state index contributed by atoms with van der Waals surface area (Å²) in [6, 6.07) is 9.89. The number of carbonyl (C=O) groups excluding carboxylic acids is 1. The minimum Gasteiger partial charge on any atom is -0.508 e. The maximum absolute atomic E-state index is 12.1. The Hall–Kier alpha value is -2.01. The molecule has 0 saturated carbocycles. The summed E-state index contributed by atoms with van der Waals surface area (Å²) in [4.78, 5) is 12.1. The van der Waals surface area contributed by atoms with Gasteiger partial charge in [0.15, 0.2) is 0 Å². The Morgan fingerprint density at radius 2 is 2.00 bits per heavy atom. The van der Waals surface area contributed by atoms with E-state index in [1.165, 1.54) is 12.1 Å². The highest BCUT2D eigenvalue weighted by atomic mass is 79.9. The van der Waals surface area contributed by atoms with Gasteiger partial charge in [-0.1, -0.05) is 6.07 Å². The molecule has 2 aromatic carbocycles. The maximum atomic E-state index is 12.1. The number of nitrogens with two attached hydrogens (primary N) is 1. The van der Waals surface area contributed by atoms with Crippen molar-refractivity contribution in [1.29, 1.82) is 0 Å². The van der Waals surface area contributed by atoms with Crippen LogP contribution in [0, 0.1) is 6.92 Å². The van der Waals surface area contributed by atoms with Gasteiger partial charge in [-0.25, -0.2) is 0 Å². The molecule has 4 nitrogen and oxygen atoms in total. The van der Waals surface area contributed by atoms with Crippen LogP contribution in [-0.4, -0.2) is 11.0 Å². The lowest BCUT2D eigenvalue weighted by Crippen LogP contribution is -2.13. The third-order valence-corrected chi connectivity index (χ3v) is 3.31. The van der Waals surface area contributed by atoms with Crippen LogP contribution >= 0.6 is 15.9 Å². The van der Waals surface area contributed by atoms with E-state index in [9.17, 15) is 9.90 Å². The maximum Gasteiger partial charge on any atom is 0.256 e. The van der Waals surface area contributed by atoms with Crippen LogP contribution in [0.15, 0.2) is 40.9 Å². The van der Waals surface area contributed by atoms with Gasteiger partial charge in [0.2, 0.25) is 0 Å². The van der Waals surface area contributed by atoms with Gasteiger partial charge in [0.1, 0.15) is 5.75 Å². The number of benzene rings is 2. The van der Waals surface area contributed by atoms with Crippen molar-refractivity contribution in [1.82, 2.24) is 0 Å². The quantitative estimate of drug-likeness (QED) is 0.587. The SMILES string of the molecule is Cc1ccc(C(=O)Nc2ccc(O)cc2N)c(Br)c1. The number of nitrogens with one attached hydrogen (secondary N) is 1.